The Hall–Kier alpha value is -2.32. The summed E-state index contributed by atoms with van der Waals surface area (Å²) in [5.74, 6) is -0.523. The summed E-state index contributed by atoms with van der Waals surface area (Å²) in [6.07, 6.45) is 0.233. The number of hydrogen-bond donors (Lipinski definition) is 1. The van der Waals surface area contributed by atoms with E-state index in [9.17, 15) is 12.8 Å². The zero-order valence-corrected chi connectivity index (χ0v) is 14.0. The molecule has 5 nitrogen and oxygen atoms in total. The molecule has 0 saturated heterocycles. The van der Waals surface area contributed by atoms with Gasteiger partial charge in [0.2, 0.25) is 5.13 Å². The molecule has 0 aliphatic carbocycles. The second-order valence-electron chi connectivity index (χ2n) is 5.37. The van der Waals surface area contributed by atoms with Crippen LogP contribution < -0.4 is 5.43 Å². The van der Waals surface area contributed by atoms with Crippen molar-refractivity contribution in [2.24, 2.45) is 5.10 Å². The molecule has 2 heterocycles. The van der Waals surface area contributed by atoms with Crippen molar-refractivity contribution in [1.82, 2.24) is 4.98 Å². The summed E-state index contributed by atoms with van der Waals surface area (Å²) in [6, 6.07) is 11.4. The van der Waals surface area contributed by atoms with Gasteiger partial charge in [-0.15, -0.1) is 0 Å². The Kier molecular flexibility index (Phi) is 3.58. The first kappa shape index (κ1) is 15.2. The lowest BCUT2D eigenvalue weighted by Crippen LogP contribution is -2.23. The third kappa shape index (κ3) is 2.67. The largest absolute Gasteiger partial charge is 0.252 e. The number of nitrogens with zero attached hydrogens (tertiary/aromatic N) is 2. The molecule has 0 bridgehead atoms. The number of halogens is 1. The van der Waals surface area contributed by atoms with Crippen LogP contribution in [0.15, 0.2) is 52.5 Å². The summed E-state index contributed by atoms with van der Waals surface area (Å²) in [6.45, 7) is 0. The van der Waals surface area contributed by atoms with Crippen LogP contribution in [-0.4, -0.2) is 24.9 Å². The molecule has 0 saturated carbocycles. The minimum absolute atomic E-state index is 0.0357. The second-order valence-corrected chi connectivity index (χ2v) is 8.47. The van der Waals surface area contributed by atoms with E-state index in [1.165, 1.54) is 23.5 Å². The van der Waals surface area contributed by atoms with E-state index in [4.69, 9.17) is 0 Å². The normalized spacial score (nSPS) is 17.8. The summed E-state index contributed by atoms with van der Waals surface area (Å²) in [5, 5.41) is 4.89. The van der Waals surface area contributed by atoms with Crippen LogP contribution >= 0.6 is 11.3 Å². The smallest absolute Gasteiger partial charge is 0.204 e. The van der Waals surface area contributed by atoms with Crippen LogP contribution in [0, 0.1) is 5.82 Å². The predicted molar refractivity (Wildman–Crippen MR) is 92.8 cm³/mol. The molecular formula is C16H12FN3O2S2. The molecule has 2 aromatic carbocycles. The van der Waals surface area contributed by atoms with Crippen molar-refractivity contribution in [3.63, 3.8) is 0 Å². The lowest BCUT2D eigenvalue weighted by molar-refractivity contribution is 0.593. The van der Waals surface area contributed by atoms with Crippen molar-refractivity contribution in [2.45, 2.75) is 11.3 Å². The highest BCUT2D eigenvalue weighted by Crippen LogP contribution is 2.28. The minimum atomic E-state index is -3.38. The maximum Gasteiger partial charge on any atom is 0.204 e. The van der Waals surface area contributed by atoms with Gasteiger partial charge in [0.1, 0.15) is 5.82 Å². The molecule has 1 aromatic heterocycles. The number of hydrogen-bond acceptors (Lipinski definition) is 6. The number of fused-ring (bicyclic) bond motifs is 2. The quantitative estimate of drug-likeness (QED) is 0.561. The Labute approximate surface area is 141 Å². The molecule has 24 heavy (non-hydrogen) atoms. The molecule has 8 heteroatoms. The molecule has 4 rings (SSSR count). The van der Waals surface area contributed by atoms with E-state index >= 15 is 0 Å². The molecule has 3 aromatic rings. The number of nitrogens with one attached hydrogen (secondary N) is 1. The maximum absolute atomic E-state index is 13.5. The first-order valence-corrected chi connectivity index (χ1v) is 9.71. The van der Waals surface area contributed by atoms with Gasteiger partial charge in [-0.25, -0.2) is 17.8 Å². The highest BCUT2D eigenvalue weighted by atomic mass is 32.2. The summed E-state index contributed by atoms with van der Waals surface area (Å²) in [4.78, 5) is 4.53. The van der Waals surface area contributed by atoms with Gasteiger partial charge in [-0.1, -0.05) is 23.5 Å². The number of rotatable bonds is 2. The van der Waals surface area contributed by atoms with Crippen LogP contribution in [0.1, 0.15) is 12.0 Å². The number of para-hydroxylation sites is 1. The van der Waals surface area contributed by atoms with Gasteiger partial charge < -0.3 is 0 Å². The molecule has 0 fully saturated rings. The third-order valence-corrected chi connectivity index (χ3v) is 6.48. The Bertz CT molecular complexity index is 1040. The molecule has 1 aliphatic heterocycles. The van der Waals surface area contributed by atoms with Gasteiger partial charge in [0.05, 0.1) is 26.6 Å². The molecule has 0 unspecified atom stereocenters. The second kappa shape index (κ2) is 5.64. The predicted octanol–water partition coefficient (Wildman–Crippen LogP) is 3.43. The third-order valence-electron chi connectivity index (χ3n) is 3.78. The average Bonchev–Trinajstić information content (AvgIpc) is 2.96. The van der Waals surface area contributed by atoms with Gasteiger partial charge in [0.15, 0.2) is 9.84 Å². The Morgan fingerprint density at radius 2 is 2.04 bits per heavy atom. The molecular weight excluding hydrogens is 349 g/mol. The first-order chi connectivity index (χ1) is 11.5. The monoisotopic (exact) mass is 361 g/mol. The Morgan fingerprint density at radius 3 is 2.88 bits per heavy atom. The van der Waals surface area contributed by atoms with Crippen LogP contribution in [0.25, 0.3) is 10.2 Å². The number of benzene rings is 2. The van der Waals surface area contributed by atoms with E-state index < -0.39 is 15.7 Å². The zero-order chi connectivity index (χ0) is 16.7. The number of sulfone groups is 1. The molecule has 1 N–H and O–H groups in total. The maximum atomic E-state index is 13.5. The fraction of sp³-hybridized carbons (Fsp3) is 0.125. The molecule has 122 valence electrons. The van der Waals surface area contributed by atoms with Gasteiger partial charge in [-0.05, 0) is 30.3 Å². The fourth-order valence-corrected chi connectivity index (χ4v) is 4.90. The Morgan fingerprint density at radius 1 is 1.21 bits per heavy atom. The van der Waals surface area contributed by atoms with Crippen molar-refractivity contribution in [3.8, 4) is 0 Å². The molecule has 0 spiro atoms. The molecule has 1 aliphatic rings. The van der Waals surface area contributed by atoms with Crippen LogP contribution in [-0.2, 0) is 9.84 Å². The molecule has 0 amide bonds. The lowest BCUT2D eigenvalue weighted by atomic mass is 10.1. The van der Waals surface area contributed by atoms with Crippen molar-refractivity contribution in [1.29, 1.82) is 0 Å². The van der Waals surface area contributed by atoms with Crippen molar-refractivity contribution < 1.29 is 12.8 Å². The Balaban J connectivity index is 1.71. The van der Waals surface area contributed by atoms with E-state index in [1.54, 1.807) is 0 Å². The highest BCUT2D eigenvalue weighted by Gasteiger charge is 2.28. The molecule has 0 atom stereocenters. The topological polar surface area (TPSA) is 71.4 Å². The summed E-state index contributed by atoms with van der Waals surface area (Å²) >= 11 is 1.45. The number of thiazole rings is 1. The van der Waals surface area contributed by atoms with E-state index in [-0.39, 0.29) is 17.1 Å². The van der Waals surface area contributed by atoms with Crippen molar-refractivity contribution in [2.75, 3.05) is 11.2 Å². The number of hydrazone groups is 1. The first-order valence-electron chi connectivity index (χ1n) is 7.24. The van der Waals surface area contributed by atoms with Crippen LogP contribution in [0.3, 0.4) is 0 Å². The van der Waals surface area contributed by atoms with E-state index in [1.807, 2.05) is 24.3 Å². The van der Waals surface area contributed by atoms with E-state index in [0.29, 0.717) is 16.4 Å². The summed E-state index contributed by atoms with van der Waals surface area (Å²) in [7, 11) is -3.38. The SMILES string of the molecule is O=S1(=O)CC/C(=N/Nc2nc3ccccc3s2)c2cc(F)ccc21. The van der Waals surface area contributed by atoms with E-state index in [2.05, 4.69) is 15.5 Å². The number of anilines is 1. The highest BCUT2D eigenvalue weighted by molar-refractivity contribution is 7.91. The average molecular weight is 361 g/mol. The van der Waals surface area contributed by atoms with E-state index in [0.717, 1.165) is 16.3 Å². The van der Waals surface area contributed by atoms with Gasteiger partial charge in [0, 0.05) is 12.0 Å². The van der Waals surface area contributed by atoms with Crippen LogP contribution in [0.4, 0.5) is 9.52 Å². The summed E-state index contributed by atoms with van der Waals surface area (Å²) in [5.41, 5.74) is 4.56. The van der Waals surface area contributed by atoms with Crippen LogP contribution in [0.2, 0.25) is 0 Å². The van der Waals surface area contributed by atoms with Gasteiger partial charge in [-0.2, -0.15) is 5.10 Å². The lowest BCUT2D eigenvalue weighted by Gasteiger charge is -2.18. The standard InChI is InChI=1S/C16H12FN3O2S2/c17-10-5-6-15-11(9-10)12(7-8-24(15,21)22)19-20-16-18-13-3-1-2-4-14(13)23-16/h1-6,9H,7-8H2,(H,18,20)/b19-12-. The van der Waals surface area contributed by atoms with Gasteiger partial charge in [0.25, 0.3) is 0 Å². The molecule has 0 radical (unpaired) electrons. The fourth-order valence-electron chi connectivity index (χ4n) is 2.63. The van der Waals surface area contributed by atoms with Gasteiger partial charge >= 0.3 is 0 Å². The summed E-state index contributed by atoms with van der Waals surface area (Å²) < 4.78 is 38.8. The zero-order valence-electron chi connectivity index (χ0n) is 12.4. The van der Waals surface area contributed by atoms with Crippen molar-refractivity contribution >= 4 is 42.2 Å². The minimum Gasteiger partial charge on any atom is -0.252 e. The van der Waals surface area contributed by atoms with Crippen LogP contribution in [0.5, 0.6) is 0 Å². The van der Waals surface area contributed by atoms with Crippen molar-refractivity contribution in [3.05, 3.63) is 53.8 Å². The van der Waals surface area contributed by atoms with Gasteiger partial charge in [-0.3, -0.25) is 5.43 Å². The number of aromatic nitrogens is 1.